The molecular weight excluding hydrogens is 236 g/mol. The van der Waals surface area contributed by atoms with Gasteiger partial charge in [0.1, 0.15) is 0 Å². The molecule has 0 aromatic carbocycles. The molecule has 0 aliphatic heterocycles. The predicted molar refractivity (Wildman–Crippen MR) is 68.8 cm³/mol. The van der Waals surface area contributed by atoms with Crippen LogP contribution in [-0.4, -0.2) is 16.1 Å². The fourth-order valence-electron chi connectivity index (χ4n) is 2.28. The number of amides is 1. The molecule has 3 N–H and O–H groups in total. The molecule has 2 rings (SSSR count). The Bertz CT molecular complexity index is 373. The molecule has 1 aromatic heterocycles. The average molecular weight is 254 g/mol. The largest absolute Gasteiger partial charge is 0.374 e. The zero-order valence-electron chi connectivity index (χ0n) is 9.82. The Morgan fingerprint density at radius 2 is 2.12 bits per heavy atom. The molecule has 17 heavy (non-hydrogen) atoms. The second-order valence-electron chi connectivity index (χ2n) is 4.54. The Morgan fingerprint density at radius 1 is 1.35 bits per heavy atom. The highest BCUT2D eigenvalue weighted by Crippen LogP contribution is 2.27. The van der Waals surface area contributed by atoms with Crippen molar-refractivity contribution < 1.29 is 4.79 Å². The highest BCUT2D eigenvalue weighted by Gasteiger charge is 2.15. The third-order valence-electron chi connectivity index (χ3n) is 3.19. The first-order chi connectivity index (χ1) is 8.24. The average Bonchev–Trinajstić information content (AvgIpc) is 2.73. The van der Waals surface area contributed by atoms with Crippen LogP contribution in [0, 0.1) is 5.92 Å². The van der Waals surface area contributed by atoms with E-state index in [1.807, 2.05) is 0 Å². The lowest BCUT2D eigenvalue weighted by Crippen LogP contribution is -2.14. The molecule has 1 aliphatic carbocycles. The molecule has 0 saturated heterocycles. The van der Waals surface area contributed by atoms with Gasteiger partial charge in [0.15, 0.2) is 0 Å². The number of anilines is 2. The van der Waals surface area contributed by atoms with E-state index in [1.165, 1.54) is 43.4 Å². The van der Waals surface area contributed by atoms with E-state index < -0.39 is 0 Å². The van der Waals surface area contributed by atoms with Crippen molar-refractivity contribution in [3.8, 4) is 0 Å². The lowest BCUT2D eigenvalue weighted by atomic mass is 9.86. The van der Waals surface area contributed by atoms with Crippen LogP contribution in [-0.2, 0) is 4.79 Å². The molecule has 1 saturated carbocycles. The molecular formula is C11H18N4OS. The van der Waals surface area contributed by atoms with E-state index in [1.54, 1.807) is 0 Å². The summed E-state index contributed by atoms with van der Waals surface area (Å²) in [6.07, 6.45) is 8.10. The van der Waals surface area contributed by atoms with Gasteiger partial charge in [0.2, 0.25) is 16.2 Å². The molecule has 1 aromatic rings. The van der Waals surface area contributed by atoms with Crippen LogP contribution in [0.2, 0.25) is 0 Å². The molecule has 0 bridgehead atoms. The minimum absolute atomic E-state index is 0.0201. The third-order valence-corrected chi connectivity index (χ3v) is 3.86. The van der Waals surface area contributed by atoms with Crippen molar-refractivity contribution in [1.29, 1.82) is 0 Å². The number of nitrogens with two attached hydrogens (primary N) is 1. The number of carbonyl (C=O) groups is 1. The first-order valence-corrected chi connectivity index (χ1v) is 6.94. The second kappa shape index (κ2) is 5.95. The Labute approximate surface area is 105 Å². The zero-order valence-corrected chi connectivity index (χ0v) is 10.6. The minimum atomic E-state index is 0.0201. The van der Waals surface area contributed by atoms with Gasteiger partial charge in [0, 0.05) is 6.42 Å². The van der Waals surface area contributed by atoms with E-state index in [0.717, 1.165) is 12.3 Å². The summed E-state index contributed by atoms with van der Waals surface area (Å²) in [5.74, 6) is 0.751. The number of hydrogen-bond acceptors (Lipinski definition) is 5. The summed E-state index contributed by atoms with van der Waals surface area (Å²) in [7, 11) is 0. The van der Waals surface area contributed by atoms with E-state index in [2.05, 4.69) is 15.5 Å². The summed E-state index contributed by atoms with van der Waals surface area (Å²) in [5, 5.41) is 11.0. The first-order valence-electron chi connectivity index (χ1n) is 6.13. The molecule has 5 nitrogen and oxygen atoms in total. The van der Waals surface area contributed by atoms with E-state index in [9.17, 15) is 4.79 Å². The molecule has 6 heteroatoms. The number of carbonyl (C=O) groups excluding carboxylic acids is 1. The summed E-state index contributed by atoms with van der Waals surface area (Å²) in [5.41, 5.74) is 5.44. The molecule has 0 atom stereocenters. The van der Waals surface area contributed by atoms with Crippen molar-refractivity contribution in [2.24, 2.45) is 5.92 Å². The lowest BCUT2D eigenvalue weighted by Gasteiger charge is -2.20. The maximum absolute atomic E-state index is 11.7. The quantitative estimate of drug-likeness (QED) is 0.864. The standard InChI is InChI=1S/C11H18N4OS/c12-10-14-15-11(17-10)13-9(16)7-6-8-4-2-1-3-5-8/h8H,1-7H2,(H2,12,14)(H,13,15,16). The van der Waals surface area contributed by atoms with Gasteiger partial charge in [-0.1, -0.05) is 43.4 Å². The van der Waals surface area contributed by atoms with Gasteiger partial charge in [0.05, 0.1) is 0 Å². The van der Waals surface area contributed by atoms with Crippen molar-refractivity contribution >= 4 is 27.5 Å². The first kappa shape index (κ1) is 12.3. The number of hydrogen-bond donors (Lipinski definition) is 2. The maximum atomic E-state index is 11.7. The lowest BCUT2D eigenvalue weighted by molar-refractivity contribution is -0.116. The Balaban J connectivity index is 1.70. The van der Waals surface area contributed by atoms with Gasteiger partial charge in [-0.25, -0.2) is 0 Å². The van der Waals surface area contributed by atoms with Crippen LogP contribution in [0.15, 0.2) is 0 Å². The number of nitrogen functional groups attached to an aromatic ring is 1. The van der Waals surface area contributed by atoms with Crippen LogP contribution in [0.1, 0.15) is 44.9 Å². The highest BCUT2D eigenvalue weighted by molar-refractivity contribution is 7.18. The molecule has 1 aliphatic rings. The van der Waals surface area contributed by atoms with Crippen molar-refractivity contribution in [1.82, 2.24) is 10.2 Å². The van der Waals surface area contributed by atoms with E-state index >= 15 is 0 Å². The SMILES string of the molecule is Nc1nnc(NC(=O)CCC2CCCCC2)s1. The number of rotatable bonds is 4. The Kier molecular flexibility index (Phi) is 4.30. The molecule has 1 amide bonds. The van der Waals surface area contributed by atoms with Crippen molar-refractivity contribution in [2.75, 3.05) is 11.1 Å². The monoisotopic (exact) mass is 254 g/mol. The van der Waals surface area contributed by atoms with E-state index in [0.29, 0.717) is 16.7 Å². The summed E-state index contributed by atoms with van der Waals surface area (Å²) in [4.78, 5) is 11.7. The number of aromatic nitrogens is 2. The van der Waals surface area contributed by atoms with Crippen molar-refractivity contribution in [2.45, 2.75) is 44.9 Å². The van der Waals surface area contributed by atoms with Gasteiger partial charge in [-0.3, -0.25) is 4.79 Å². The number of nitrogens with zero attached hydrogens (tertiary/aromatic N) is 2. The van der Waals surface area contributed by atoms with E-state index in [-0.39, 0.29) is 5.91 Å². The van der Waals surface area contributed by atoms with Crippen LogP contribution in [0.5, 0.6) is 0 Å². The van der Waals surface area contributed by atoms with Crippen LogP contribution in [0.4, 0.5) is 10.3 Å². The van der Waals surface area contributed by atoms with Crippen molar-refractivity contribution in [3.05, 3.63) is 0 Å². The molecule has 0 unspecified atom stereocenters. The summed E-state index contributed by atoms with van der Waals surface area (Å²) in [6.45, 7) is 0. The molecule has 0 radical (unpaired) electrons. The van der Waals surface area contributed by atoms with Gasteiger partial charge in [-0.2, -0.15) is 0 Å². The second-order valence-corrected chi connectivity index (χ2v) is 5.55. The summed E-state index contributed by atoms with van der Waals surface area (Å²) >= 11 is 1.20. The predicted octanol–water partition coefficient (Wildman–Crippen LogP) is 2.42. The van der Waals surface area contributed by atoms with Crippen molar-refractivity contribution in [3.63, 3.8) is 0 Å². The van der Waals surface area contributed by atoms with Gasteiger partial charge in [0.25, 0.3) is 0 Å². The topological polar surface area (TPSA) is 80.9 Å². The van der Waals surface area contributed by atoms with Crippen LogP contribution < -0.4 is 11.1 Å². The fourth-order valence-corrected chi connectivity index (χ4v) is 2.80. The molecule has 1 heterocycles. The maximum Gasteiger partial charge on any atom is 0.226 e. The van der Waals surface area contributed by atoms with Gasteiger partial charge in [-0.15, -0.1) is 10.2 Å². The third kappa shape index (κ3) is 3.96. The minimum Gasteiger partial charge on any atom is -0.374 e. The van der Waals surface area contributed by atoms with Crippen LogP contribution in [0.3, 0.4) is 0 Å². The normalized spacial score (nSPS) is 16.9. The van der Waals surface area contributed by atoms with Crippen LogP contribution >= 0.6 is 11.3 Å². The van der Waals surface area contributed by atoms with Gasteiger partial charge in [-0.05, 0) is 12.3 Å². The van der Waals surface area contributed by atoms with Crippen LogP contribution in [0.25, 0.3) is 0 Å². The Hall–Kier alpha value is -1.17. The Morgan fingerprint density at radius 3 is 2.76 bits per heavy atom. The summed E-state index contributed by atoms with van der Waals surface area (Å²) in [6, 6.07) is 0. The molecule has 1 fully saturated rings. The highest BCUT2D eigenvalue weighted by atomic mass is 32.1. The smallest absolute Gasteiger partial charge is 0.226 e. The summed E-state index contributed by atoms with van der Waals surface area (Å²) < 4.78 is 0. The zero-order chi connectivity index (χ0) is 12.1. The number of nitrogens with one attached hydrogen (secondary N) is 1. The molecule has 94 valence electrons. The molecule has 0 spiro atoms. The fraction of sp³-hybridized carbons (Fsp3) is 0.727. The van der Waals surface area contributed by atoms with E-state index in [4.69, 9.17) is 5.73 Å². The van der Waals surface area contributed by atoms with Gasteiger partial charge < -0.3 is 11.1 Å². The van der Waals surface area contributed by atoms with Gasteiger partial charge >= 0.3 is 0 Å².